The average Bonchev–Trinajstić information content (AvgIpc) is 2.29. The lowest BCUT2D eigenvalue weighted by atomic mass is 10.1. The maximum atomic E-state index is 11.8. The summed E-state index contributed by atoms with van der Waals surface area (Å²) in [6.45, 7) is 3.86. The summed E-state index contributed by atoms with van der Waals surface area (Å²) in [6, 6.07) is 5.24. The Hall–Kier alpha value is -0.730. The Labute approximate surface area is 106 Å². The molecule has 0 bridgehead atoms. The van der Waals surface area contributed by atoms with E-state index < -0.39 is 0 Å². The van der Waals surface area contributed by atoms with Gasteiger partial charge >= 0.3 is 0 Å². The average molecular weight is 260 g/mol. The molecule has 0 heterocycles. The molecule has 1 atom stereocenters. The normalized spacial score (nSPS) is 12.2. The summed E-state index contributed by atoms with van der Waals surface area (Å²) in [4.78, 5) is 11.8. The van der Waals surface area contributed by atoms with E-state index in [0.29, 0.717) is 16.5 Å². The number of nitrogens with one attached hydrogen (secondary N) is 1. The number of hydrogen-bond acceptors (Lipinski definition) is 1. The summed E-state index contributed by atoms with van der Waals surface area (Å²) < 4.78 is 0. The number of rotatable bonds is 4. The molecule has 1 amide bonds. The standard InChI is InChI=1S/C12H15Cl2NO/c1-3-10(7-13)15-12(16)9-4-5-11(14)8(2)6-9/h4-6,10H,3,7H2,1-2H3,(H,15,16). The van der Waals surface area contributed by atoms with Gasteiger partial charge < -0.3 is 5.32 Å². The number of aryl methyl sites for hydroxylation is 1. The molecular formula is C12H15Cl2NO. The molecule has 1 aromatic rings. The van der Waals surface area contributed by atoms with Gasteiger partial charge in [0.15, 0.2) is 0 Å². The minimum atomic E-state index is -0.104. The van der Waals surface area contributed by atoms with Gasteiger partial charge in [-0.1, -0.05) is 18.5 Å². The number of benzene rings is 1. The molecule has 1 rings (SSSR count). The van der Waals surface area contributed by atoms with Crippen LogP contribution in [-0.2, 0) is 0 Å². The maximum Gasteiger partial charge on any atom is 0.251 e. The first-order valence-corrected chi connectivity index (χ1v) is 6.12. The van der Waals surface area contributed by atoms with Crippen molar-refractivity contribution in [1.29, 1.82) is 0 Å². The van der Waals surface area contributed by atoms with E-state index in [1.807, 2.05) is 13.8 Å². The van der Waals surface area contributed by atoms with Crippen LogP contribution in [0.3, 0.4) is 0 Å². The number of amides is 1. The molecule has 0 radical (unpaired) electrons. The van der Waals surface area contributed by atoms with Crippen molar-refractivity contribution in [2.45, 2.75) is 26.3 Å². The Kier molecular flexibility index (Phi) is 5.10. The van der Waals surface area contributed by atoms with Gasteiger partial charge in [0.1, 0.15) is 0 Å². The molecule has 0 aliphatic carbocycles. The molecule has 0 aromatic heterocycles. The summed E-state index contributed by atoms with van der Waals surface area (Å²) in [5.74, 6) is 0.321. The topological polar surface area (TPSA) is 29.1 Å². The van der Waals surface area contributed by atoms with Crippen LogP contribution < -0.4 is 5.32 Å². The monoisotopic (exact) mass is 259 g/mol. The second-order valence-electron chi connectivity index (χ2n) is 3.70. The number of hydrogen-bond donors (Lipinski definition) is 1. The number of carbonyl (C=O) groups excluding carboxylic acids is 1. The van der Waals surface area contributed by atoms with Crippen molar-refractivity contribution in [2.24, 2.45) is 0 Å². The molecule has 16 heavy (non-hydrogen) atoms. The largest absolute Gasteiger partial charge is 0.348 e. The van der Waals surface area contributed by atoms with E-state index in [-0.39, 0.29) is 11.9 Å². The van der Waals surface area contributed by atoms with Crippen LogP contribution in [-0.4, -0.2) is 17.8 Å². The van der Waals surface area contributed by atoms with Crippen molar-refractivity contribution in [1.82, 2.24) is 5.32 Å². The van der Waals surface area contributed by atoms with Crippen molar-refractivity contribution < 1.29 is 4.79 Å². The predicted octanol–water partition coefficient (Wildman–Crippen LogP) is 3.40. The highest BCUT2D eigenvalue weighted by atomic mass is 35.5. The molecule has 0 saturated heterocycles. The fraction of sp³-hybridized carbons (Fsp3) is 0.417. The smallest absolute Gasteiger partial charge is 0.251 e. The minimum Gasteiger partial charge on any atom is -0.348 e. The molecular weight excluding hydrogens is 245 g/mol. The minimum absolute atomic E-state index is 0.0187. The highest BCUT2D eigenvalue weighted by molar-refractivity contribution is 6.31. The Morgan fingerprint density at radius 2 is 2.19 bits per heavy atom. The van der Waals surface area contributed by atoms with Crippen molar-refractivity contribution in [3.05, 3.63) is 34.3 Å². The first-order valence-electron chi connectivity index (χ1n) is 5.21. The zero-order valence-corrected chi connectivity index (χ0v) is 10.9. The summed E-state index contributed by atoms with van der Waals surface area (Å²) in [5, 5.41) is 3.53. The zero-order valence-electron chi connectivity index (χ0n) is 9.39. The molecule has 1 aromatic carbocycles. The first kappa shape index (κ1) is 13.3. The quantitative estimate of drug-likeness (QED) is 0.826. The van der Waals surface area contributed by atoms with E-state index in [9.17, 15) is 4.79 Å². The van der Waals surface area contributed by atoms with E-state index in [2.05, 4.69) is 5.32 Å². The predicted molar refractivity (Wildman–Crippen MR) is 68.5 cm³/mol. The third kappa shape index (κ3) is 3.39. The van der Waals surface area contributed by atoms with Crippen LogP contribution in [0, 0.1) is 6.92 Å². The van der Waals surface area contributed by atoms with Crippen LogP contribution >= 0.6 is 23.2 Å². The summed E-state index contributed by atoms with van der Waals surface area (Å²) in [5.41, 5.74) is 1.51. The summed E-state index contributed by atoms with van der Waals surface area (Å²) >= 11 is 11.6. The molecule has 0 aliphatic heterocycles. The van der Waals surface area contributed by atoms with Gasteiger partial charge in [-0.25, -0.2) is 0 Å². The molecule has 1 N–H and O–H groups in total. The van der Waals surface area contributed by atoms with E-state index >= 15 is 0 Å². The van der Waals surface area contributed by atoms with Crippen LogP contribution in [0.15, 0.2) is 18.2 Å². The molecule has 4 heteroatoms. The number of carbonyl (C=O) groups is 1. The van der Waals surface area contributed by atoms with Gasteiger partial charge in [0.2, 0.25) is 0 Å². The molecule has 0 saturated carbocycles. The molecule has 0 fully saturated rings. The lowest BCUT2D eigenvalue weighted by Crippen LogP contribution is -2.35. The lowest BCUT2D eigenvalue weighted by molar-refractivity contribution is 0.0939. The van der Waals surface area contributed by atoms with Gasteiger partial charge in [-0.05, 0) is 37.1 Å². The van der Waals surface area contributed by atoms with Gasteiger partial charge in [-0.15, -0.1) is 11.6 Å². The first-order chi connectivity index (χ1) is 7.58. The van der Waals surface area contributed by atoms with E-state index in [4.69, 9.17) is 23.2 Å². The van der Waals surface area contributed by atoms with Crippen LogP contribution in [0.5, 0.6) is 0 Å². The van der Waals surface area contributed by atoms with Gasteiger partial charge in [0.25, 0.3) is 5.91 Å². The number of alkyl halides is 1. The number of halogens is 2. The fourth-order valence-electron chi connectivity index (χ4n) is 1.30. The Balaban J connectivity index is 2.76. The maximum absolute atomic E-state index is 11.8. The Morgan fingerprint density at radius 3 is 2.69 bits per heavy atom. The molecule has 88 valence electrons. The fourth-order valence-corrected chi connectivity index (χ4v) is 1.72. The van der Waals surface area contributed by atoms with Gasteiger partial charge in [0, 0.05) is 22.5 Å². The highest BCUT2D eigenvalue weighted by Crippen LogP contribution is 2.16. The van der Waals surface area contributed by atoms with Crippen LogP contribution in [0.25, 0.3) is 0 Å². The van der Waals surface area contributed by atoms with Crippen LogP contribution in [0.1, 0.15) is 29.3 Å². The highest BCUT2D eigenvalue weighted by Gasteiger charge is 2.11. The van der Waals surface area contributed by atoms with E-state index in [1.165, 1.54) is 0 Å². The SMILES string of the molecule is CCC(CCl)NC(=O)c1ccc(Cl)c(C)c1. The molecule has 2 nitrogen and oxygen atoms in total. The molecule has 1 unspecified atom stereocenters. The van der Waals surface area contributed by atoms with Crippen molar-refractivity contribution in [3.63, 3.8) is 0 Å². The second kappa shape index (κ2) is 6.12. The third-order valence-corrected chi connectivity index (χ3v) is 3.23. The lowest BCUT2D eigenvalue weighted by Gasteiger charge is -2.14. The van der Waals surface area contributed by atoms with Crippen LogP contribution in [0.4, 0.5) is 0 Å². The van der Waals surface area contributed by atoms with Crippen LogP contribution in [0.2, 0.25) is 5.02 Å². The van der Waals surface area contributed by atoms with E-state index in [1.54, 1.807) is 18.2 Å². The Morgan fingerprint density at radius 1 is 1.50 bits per heavy atom. The zero-order chi connectivity index (χ0) is 12.1. The van der Waals surface area contributed by atoms with E-state index in [0.717, 1.165) is 12.0 Å². The van der Waals surface area contributed by atoms with Crippen molar-refractivity contribution in [3.8, 4) is 0 Å². The van der Waals surface area contributed by atoms with Gasteiger partial charge in [0.05, 0.1) is 0 Å². The summed E-state index contributed by atoms with van der Waals surface area (Å²) in [7, 11) is 0. The van der Waals surface area contributed by atoms with Gasteiger partial charge in [-0.3, -0.25) is 4.79 Å². The van der Waals surface area contributed by atoms with Crippen molar-refractivity contribution in [2.75, 3.05) is 5.88 Å². The molecule has 0 spiro atoms. The molecule has 0 aliphatic rings. The Bertz CT molecular complexity index is 375. The third-order valence-electron chi connectivity index (χ3n) is 2.43. The summed E-state index contributed by atoms with van der Waals surface area (Å²) in [6.07, 6.45) is 0.821. The second-order valence-corrected chi connectivity index (χ2v) is 4.41. The van der Waals surface area contributed by atoms with Gasteiger partial charge in [-0.2, -0.15) is 0 Å². The van der Waals surface area contributed by atoms with Crippen molar-refractivity contribution >= 4 is 29.1 Å².